The van der Waals surface area contributed by atoms with Crippen LogP contribution in [-0.4, -0.2) is 22.5 Å². The molecule has 0 saturated heterocycles. The lowest BCUT2D eigenvalue weighted by atomic mass is 10.0. The molecule has 0 bridgehead atoms. The van der Waals surface area contributed by atoms with Crippen molar-refractivity contribution in [2.75, 3.05) is 7.05 Å². The van der Waals surface area contributed by atoms with E-state index < -0.39 is 0 Å². The fourth-order valence-electron chi connectivity index (χ4n) is 1.49. The quantitative estimate of drug-likeness (QED) is 0.794. The number of aromatic nitrogens is 3. The number of benzene rings is 1. The Balaban J connectivity index is 2.31. The van der Waals surface area contributed by atoms with Crippen molar-refractivity contribution >= 4 is 0 Å². The maximum Gasteiger partial charge on any atom is 0.123 e. The molecule has 5 heteroatoms. The highest BCUT2D eigenvalue weighted by Gasteiger charge is 2.13. The number of nitrogens with one attached hydrogen (secondary N) is 2. The average molecular weight is 206 g/mol. The molecule has 0 aliphatic rings. The Morgan fingerprint density at radius 1 is 1.33 bits per heavy atom. The second-order valence-corrected chi connectivity index (χ2v) is 3.17. The predicted octanol–water partition coefficient (Wildman–Crippen LogP) is 1.25. The number of aromatic amines is 1. The SMILES string of the molecule is CNC(c1ccc(F)cc1)c1cn[nH]n1. The van der Waals surface area contributed by atoms with Gasteiger partial charge in [-0.25, -0.2) is 4.39 Å². The fourth-order valence-corrected chi connectivity index (χ4v) is 1.49. The molecular formula is C10H11FN4. The van der Waals surface area contributed by atoms with Gasteiger partial charge in [-0.05, 0) is 24.7 Å². The summed E-state index contributed by atoms with van der Waals surface area (Å²) in [4.78, 5) is 0. The van der Waals surface area contributed by atoms with Crippen LogP contribution in [0.15, 0.2) is 30.5 Å². The first-order chi connectivity index (χ1) is 7.31. The van der Waals surface area contributed by atoms with Crippen molar-refractivity contribution < 1.29 is 4.39 Å². The topological polar surface area (TPSA) is 53.6 Å². The molecule has 0 aliphatic heterocycles. The van der Waals surface area contributed by atoms with Crippen molar-refractivity contribution in [1.29, 1.82) is 0 Å². The number of hydrogen-bond acceptors (Lipinski definition) is 3. The molecule has 1 atom stereocenters. The Hall–Kier alpha value is -1.75. The molecule has 0 fully saturated rings. The maximum absolute atomic E-state index is 12.7. The van der Waals surface area contributed by atoms with Crippen LogP contribution in [0.2, 0.25) is 0 Å². The second kappa shape index (κ2) is 4.18. The molecule has 0 radical (unpaired) electrons. The Kier molecular flexibility index (Phi) is 2.73. The van der Waals surface area contributed by atoms with Gasteiger partial charge in [-0.3, -0.25) is 0 Å². The molecular weight excluding hydrogens is 195 g/mol. The number of halogens is 1. The molecule has 2 N–H and O–H groups in total. The molecule has 78 valence electrons. The van der Waals surface area contributed by atoms with Crippen LogP contribution >= 0.6 is 0 Å². The summed E-state index contributed by atoms with van der Waals surface area (Å²) in [6.07, 6.45) is 1.64. The Morgan fingerprint density at radius 3 is 2.60 bits per heavy atom. The minimum atomic E-state index is -0.242. The van der Waals surface area contributed by atoms with Gasteiger partial charge in [-0.15, -0.1) is 0 Å². The smallest absolute Gasteiger partial charge is 0.123 e. The first-order valence-corrected chi connectivity index (χ1v) is 4.59. The van der Waals surface area contributed by atoms with E-state index in [1.165, 1.54) is 12.1 Å². The first-order valence-electron chi connectivity index (χ1n) is 4.59. The summed E-state index contributed by atoms with van der Waals surface area (Å²) in [7, 11) is 1.82. The molecule has 1 aromatic heterocycles. The zero-order valence-corrected chi connectivity index (χ0v) is 8.24. The van der Waals surface area contributed by atoms with E-state index in [0.29, 0.717) is 0 Å². The van der Waals surface area contributed by atoms with Crippen LogP contribution in [0.5, 0.6) is 0 Å². The van der Waals surface area contributed by atoms with E-state index in [-0.39, 0.29) is 11.9 Å². The van der Waals surface area contributed by atoms with Gasteiger partial charge < -0.3 is 5.32 Å². The largest absolute Gasteiger partial charge is 0.308 e. The Labute approximate surface area is 86.5 Å². The molecule has 2 rings (SSSR count). The number of H-pyrrole nitrogens is 1. The first kappa shape index (κ1) is 9.79. The molecule has 4 nitrogen and oxygen atoms in total. The normalized spacial score (nSPS) is 12.7. The van der Waals surface area contributed by atoms with Gasteiger partial charge in [0, 0.05) is 0 Å². The van der Waals surface area contributed by atoms with E-state index in [2.05, 4.69) is 20.7 Å². The Morgan fingerprint density at radius 2 is 2.07 bits per heavy atom. The van der Waals surface area contributed by atoms with Crippen LogP contribution in [0.4, 0.5) is 4.39 Å². The van der Waals surface area contributed by atoms with Crippen LogP contribution in [-0.2, 0) is 0 Å². The number of rotatable bonds is 3. The van der Waals surface area contributed by atoms with E-state index in [9.17, 15) is 4.39 Å². The van der Waals surface area contributed by atoms with E-state index in [0.717, 1.165) is 11.3 Å². The van der Waals surface area contributed by atoms with Crippen molar-refractivity contribution in [1.82, 2.24) is 20.7 Å². The lowest BCUT2D eigenvalue weighted by Gasteiger charge is -2.13. The van der Waals surface area contributed by atoms with Crippen molar-refractivity contribution in [3.63, 3.8) is 0 Å². The molecule has 0 spiro atoms. The van der Waals surface area contributed by atoms with Gasteiger partial charge >= 0.3 is 0 Å². The summed E-state index contributed by atoms with van der Waals surface area (Å²) in [5.74, 6) is -0.242. The third-order valence-electron chi connectivity index (χ3n) is 2.22. The van der Waals surface area contributed by atoms with Crippen LogP contribution in [0.25, 0.3) is 0 Å². The van der Waals surface area contributed by atoms with E-state index in [1.807, 2.05) is 7.05 Å². The summed E-state index contributed by atoms with van der Waals surface area (Å²) in [6.45, 7) is 0. The highest BCUT2D eigenvalue weighted by molar-refractivity contribution is 5.26. The number of hydrogen-bond donors (Lipinski definition) is 2. The van der Waals surface area contributed by atoms with Crippen molar-refractivity contribution in [3.05, 3.63) is 47.5 Å². The monoisotopic (exact) mass is 206 g/mol. The summed E-state index contributed by atoms with van der Waals surface area (Å²) in [6, 6.07) is 6.25. The van der Waals surface area contributed by atoms with E-state index in [1.54, 1.807) is 18.3 Å². The van der Waals surface area contributed by atoms with Gasteiger partial charge in [-0.2, -0.15) is 15.4 Å². The fraction of sp³-hybridized carbons (Fsp3) is 0.200. The van der Waals surface area contributed by atoms with Crippen molar-refractivity contribution in [3.8, 4) is 0 Å². The van der Waals surface area contributed by atoms with E-state index >= 15 is 0 Å². The lowest BCUT2D eigenvalue weighted by molar-refractivity contribution is 0.621. The maximum atomic E-state index is 12.7. The van der Waals surface area contributed by atoms with Gasteiger partial charge in [0.2, 0.25) is 0 Å². The zero-order valence-electron chi connectivity index (χ0n) is 8.24. The molecule has 1 aromatic carbocycles. The van der Waals surface area contributed by atoms with Crippen LogP contribution in [0.3, 0.4) is 0 Å². The van der Waals surface area contributed by atoms with Crippen LogP contribution in [0, 0.1) is 5.82 Å². The minimum absolute atomic E-state index is 0.0654. The zero-order chi connectivity index (χ0) is 10.7. The second-order valence-electron chi connectivity index (χ2n) is 3.17. The van der Waals surface area contributed by atoms with Gasteiger partial charge in [-0.1, -0.05) is 12.1 Å². The van der Waals surface area contributed by atoms with Crippen LogP contribution < -0.4 is 5.32 Å². The highest BCUT2D eigenvalue weighted by atomic mass is 19.1. The summed E-state index contributed by atoms with van der Waals surface area (Å²) < 4.78 is 12.7. The molecule has 0 saturated carbocycles. The third kappa shape index (κ3) is 2.02. The molecule has 0 aliphatic carbocycles. The van der Waals surface area contributed by atoms with Crippen molar-refractivity contribution in [2.24, 2.45) is 0 Å². The van der Waals surface area contributed by atoms with Gasteiger partial charge in [0.05, 0.1) is 12.2 Å². The van der Waals surface area contributed by atoms with Gasteiger partial charge in [0.1, 0.15) is 11.5 Å². The summed E-state index contributed by atoms with van der Waals surface area (Å²) >= 11 is 0. The van der Waals surface area contributed by atoms with Crippen LogP contribution in [0.1, 0.15) is 17.3 Å². The molecule has 1 unspecified atom stereocenters. The molecule has 1 heterocycles. The molecule has 15 heavy (non-hydrogen) atoms. The van der Waals surface area contributed by atoms with E-state index in [4.69, 9.17) is 0 Å². The minimum Gasteiger partial charge on any atom is -0.308 e. The summed E-state index contributed by atoms with van der Waals surface area (Å²) in [5.41, 5.74) is 1.73. The average Bonchev–Trinajstić information content (AvgIpc) is 2.75. The predicted molar refractivity (Wildman–Crippen MR) is 53.7 cm³/mol. The summed E-state index contributed by atoms with van der Waals surface area (Å²) in [5, 5.41) is 13.4. The van der Waals surface area contributed by atoms with Gasteiger partial charge in [0.25, 0.3) is 0 Å². The number of nitrogens with zero attached hydrogens (tertiary/aromatic N) is 2. The Bertz CT molecular complexity index is 409. The highest BCUT2D eigenvalue weighted by Crippen LogP contribution is 2.18. The van der Waals surface area contributed by atoms with Crippen molar-refractivity contribution in [2.45, 2.75) is 6.04 Å². The van der Waals surface area contributed by atoms with Gasteiger partial charge in [0.15, 0.2) is 0 Å². The molecule has 2 aromatic rings. The standard InChI is InChI=1S/C10H11FN4/c1-12-10(9-6-13-15-14-9)7-2-4-8(11)5-3-7/h2-6,10,12H,1H3,(H,13,14,15). The third-order valence-corrected chi connectivity index (χ3v) is 2.22. The molecule has 0 amide bonds. The lowest BCUT2D eigenvalue weighted by Crippen LogP contribution is -2.18.